The van der Waals surface area contributed by atoms with Crippen LogP contribution in [0.15, 0.2) is 23.2 Å². The molecule has 0 bridgehead atoms. The lowest BCUT2D eigenvalue weighted by molar-refractivity contribution is 0.372. The van der Waals surface area contributed by atoms with Crippen molar-refractivity contribution in [2.45, 2.75) is 33.2 Å². The van der Waals surface area contributed by atoms with Gasteiger partial charge in [0, 0.05) is 21.3 Å². The molecule has 0 unspecified atom stereocenters. The van der Waals surface area contributed by atoms with Crippen molar-refractivity contribution in [2.24, 2.45) is 16.6 Å². The molecular formula is C14H18Cl2N4. The lowest BCUT2D eigenvalue weighted by Gasteiger charge is -2.42. The quantitative estimate of drug-likeness (QED) is 0.520. The summed E-state index contributed by atoms with van der Waals surface area (Å²) >= 11 is 12.1. The molecule has 1 rings (SSSR count). The van der Waals surface area contributed by atoms with Crippen LogP contribution in [-0.2, 0) is 0 Å². The molecule has 1 aromatic rings. The van der Waals surface area contributed by atoms with Crippen LogP contribution in [0.5, 0.6) is 0 Å². The summed E-state index contributed by atoms with van der Waals surface area (Å²) in [6.07, 6.45) is 1.71. The third kappa shape index (κ3) is 3.56. The Kier molecular flexibility index (Phi) is 5.27. The third-order valence-corrected chi connectivity index (χ3v) is 3.92. The standard InChI is InChI=1S/C14H18Cl2N4/c1-9(2)14(3,4)20(13(18)19-8-17)12-6-10(15)5-11(16)7-12/h5-7,9H,1-4H3,(H2,18,19). The second-order valence-electron chi connectivity index (χ2n) is 5.34. The summed E-state index contributed by atoms with van der Waals surface area (Å²) in [7, 11) is 0. The van der Waals surface area contributed by atoms with Gasteiger partial charge in [0.1, 0.15) is 0 Å². The first kappa shape index (κ1) is 16.6. The summed E-state index contributed by atoms with van der Waals surface area (Å²) in [5, 5.41) is 9.75. The maximum absolute atomic E-state index is 8.75. The molecule has 0 aromatic heterocycles. The van der Waals surface area contributed by atoms with Crippen LogP contribution in [0.1, 0.15) is 27.7 Å². The van der Waals surface area contributed by atoms with Crippen LogP contribution in [0.2, 0.25) is 10.0 Å². The highest BCUT2D eigenvalue weighted by Gasteiger charge is 2.33. The molecule has 0 fully saturated rings. The first-order chi connectivity index (χ1) is 9.20. The molecule has 6 heteroatoms. The van der Waals surface area contributed by atoms with Gasteiger partial charge in [0.15, 0.2) is 0 Å². The van der Waals surface area contributed by atoms with Gasteiger partial charge in [0.05, 0.1) is 0 Å². The van der Waals surface area contributed by atoms with Gasteiger partial charge in [-0.3, -0.25) is 0 Å². The van der Waals surface area contributed by atoms with E-state index in [2.05, 4.69) is 18.8 Å². The Morgan fingerprint density at radius 3 is 2.20 bits per heavy atom. The van der Waals surface area contributed by atoms with Crippen molar-refractivity contribution < 1.29 is 0 Å². The van der Waals surface area contributed by atoms with Gasteiger partial charge in [0.25, 0.3) is 0 Å². The number of rotatable bonds is 3. The van der Waals surface area contributed by atoms with E-state index in [0.29, 0.717) is 15.7 Å². The van der Waals surface area contributed by atoms with Gasteiger partial charge < -0.3 is 10.6 Å². The van der Waals surface area contributed by atoms with E-state index in [1.54, 1.807) is 29.3 Å². The first-order valence-electron chi connectivity index (χ1n) is 6.18. The van der Waals surface area contributed by atoms with Gasteiger partial charge in [-0.15, -0.1) is 4.99 Å². The second kappa shape index (κ2) is 6.34. The van der Waals surface area contributed by atoms with Gasteiger partial charge in [-0.1, -0.05) is 37.0 Å². The maximum Gasteiger partial charge on any atom is 0.212 e. The minimum Gasteiger partial charge on any atom is -0.369 e. The molecule has 0 saturated heterocycles. The molecule has 20 heavy (non-hydrogen) atoms. The number of hydrogen-bond donors (Lipinski definition) is 1. The Balaban J connectivity index is 3.46. The number of aliphatic imine (C=N–C) groups is 1. The number of anilines is 1. The van der Waals surface area contributed by atoms with Crippen LogP contribution in [0, 0.1) is 17.4 Å². The fourth-order valence-electron chi connectivity index (χ4n) is 1.79. The molecule has 0 amide bonds. The molecule has 108 valence electrons. The highest BCUT2D eigenvalue weighted by molar-refractivity contribution is 6.35. The van der Waals surface area contributed by atoms with E-state index in [0.717, 1.165) is 0 Å². The molecule has 0 aliphatic carbocycles. The van der Waals surface area contributed by atoms with Crippen LogP contribution in [0.3, 0.4) is 0 Å². The monoisotopic (exact) mass is 312 g/mol. The van der Waals surface area contributed by atoms with Gasteiger partial charge in [-0.2, -0.15) is 5.26 Å². The van der Waals surface area contributed by atoms with Crippen molar-refractivity contribution in [3.8, 4) is 6.19 Å². The predicted molar refractivity (Wildman–Crippen MR) is 85.1 cm³/mol. The van der Waals surface area contributed by atoms with Crippen LogP contribution >= 0.6 is 23.2 Å². The highest BCUT2D eigenvalue weighted by atomic mass is 35.5. The zero-order valence-corrected chi connectivity index (χ0v) is 13.5. The summed E-state index contributed by atoms with van der Waals surface area (Å²) in [5.41, 5.74) is 6.30. The van der Waals surface area contributed by atoms with Crippen LogP contribution in [0.4, 0.5) is 5.69 Å². The molecule has 0 atom stereocenters. The maximum atomic E-state index is 8.75. The summed E-state index contributed by atoms with van der Waals surface area (Å²) in [6, 6.07) is 5.14. The summed E-state index contributed by atoms with van der Waals surface area (Å²) in [6.45, 7) is 8.18. The Morgan fingerprint density at radius 2 is 1.80 bits per heavy atom. The SMILES string of the molecule is CC(C)C(C)(C)N(C(N)=NC#N)c1cc(Cl)cc(Cl)c1. The lowest BCUT2D eigenvalue weighted by atomic mass is 9.88. The highest BCUT2D eigenvalue weighted by Crippen LogP contribution is 2.33. The zero-order chi connectivity index (χ0) is 15.5. The Labute approximate surface area is 129 Å². The normalized spacial score (nSPS) is 12.4. The van der Waals surface area contributed by atoms with Crippen molar-refractivity contribution >= 4 is 34.8 Å². The molecule has 4 nitrogen and oxygen atoms in total. The van der Waals surface area contributed by atoms with E-state index in [1.807, 2.05) is 13.8 Å². The summed E-state index contributed by atoms with van der Waals surface area (Å²) in [4.78, 5) is 5.43. The van der Waals surface area contributed by atoms with Crippen LogP contribution in [-0.4, -0.2) is 11.5 Å². The van der Waals surface area contributed by atoms with Gasteiger partial charge in [0.2, 0.25) is 12.2 Å². The van der Waals surface area contributed by atoms with E-state index in [4.69, 9.17) is 34.2 Å². The molecule has 1 aromatic carbocycles. The largest absolute Gasteiger partial charge is 0.369 e. The fourth-order valence-corrected chi connectivity index (χ4v) is 2.30. The molecule has 0 heterocycles. The topological polar surface area (TPSA) is 65.4 Å². The van der Waals surface area contributed by atoms with Gasteiger partial charge in [-0.05, 0) is 38.0 Å². The summed E-state index contributed by atoms with van der Waals surface area (Å²) in [5.74, 6) is 0.372. The molecule has 2 N–H and O–H groups in total. The number of nitrogens with two attached hydrogens (primary N) is 1. The van der Waals surface area contributed by atoms with E-state index in [9.17, 15) is 0 Å². The predicted octanol–water partition coefficient (Wildman–Crippen LogP) is 4.03. The first-order valence-corrected chi connectivity index (χ1v) is 6.94. The molecular weight excluding hydrogens is 295 g/mol. The molecule has 0 saturated carbocycles. The average Bonchev–Trinajstić information content (AvgIpc) is 2.27. The lowest BCUT2D eigenvalue weighted by Crippen LogP contribution is -2.54. The minimum atomic E-state index is -0.363. The molecule has 0 aliphatic heterocycles. The number of guanidine groups is 1. The van der Waals surface area contributed by atoms with Crippen molar-refractivity contribution in [1.29, 1.82) is 5.26 Å². The number of nitriles is 1. The number of hydrogen-bond acceptors (Lipinski definition) is 2. The van der Waals surface area contributed by atoms with Gasteiger partial charge in [-0.25, -0.2) is 0 Å². The Hall–Kier alpha value is -1.44. The second-order valence-corrected chi connectivity index (χ2v) is 6.21. The van der Waals surface area contributed by atoms with E-state index in [-0.39, 0.29) is 17.4 Å². The minimum absolute atomic E-state index is 0.115. The molecule has 0 aliphatic rings. The van der Waals surface area contributed by atoms with Crippen molar-refractivity contribution in [1.82, 2.24) is 0 Å². The fraction of sp³-hybridized carbons (Fsp3) is 0.429. The Bertz CT molecular complexity index is 539. The van der Waals surface area contributed by atoms with Gasteiger partial charge >= 0.3 is 0 Å². The zero-order valence-electron chi connectivity index (χ0n) is 12.0. The number of halogens is 2. The van der Waals surface area contributed by atoms with E-state index in [1.165, 1.54) is 0 Å². The molecule has 0 radical (unpaired) electrons. The third-order valence-electron chi connectivity index (χ3n) is 3.49. The van der Waals surface area contributed by atoms with Crippen molar-refractivity contribution in [3.05, 3.63) is 28.2 Å². The van der Waals surface area contributed by atoms with E-state index >= 15 is 0 Å². The summed E-state index contributed by atoms with van der Waals surface area (Å²) < 4.78 is 0. The van der Waals surface area contributed by atoms with Crippen molar-refractivity contribution in [2.75, 3.05) is 4.90 Å². The average molecular weight is 313 g/mol. The number of benzene rings is 1. The van der Waals surface area contributed by atoms with Crippen LogP contribution < -0.4 is 10.6 Å². The smallest absolute Gasteiger partial charge is 0.212 e. The van der Waals surface area contributed by atoms with Crippen LogP contribution in [0.25, 0.3) is 0 Å². The Morgan fingerprint density at radius 1 is 1.30 bits per heavy atom. The van der Waals surface area contributed by atoms with E-state index < -0.39 is 0 Å². The molecule has 0 spiro atoms. The number of nitrogens with zero attached hydrogens (tertiary/aromatic N) is 3. The van der Waals surface area contributed by atoms with Crippen molar-refractivity contribution in [3.63, 3.8) is 0 Å².